The van der Waals surface area contributed by atoms with Crippen molar-refractivity contribution >= 4 is 0 Å². The zero-order chi connectivity index (χ0) is 12.5. The van der Waals surface area contributed by atoms with Gasteiger partial charge in [-0.15, -0.1) is 0 Å². The van der Waals surface area contributed by atoms with Gasteiger partial charge in [-0.2, -0.15) is 0 Å². The van der Waals surface area contributed by atoms with Gasteiger partial charge < -0.3 is 10.6 Å². The molecule has 1 saturated heterocycles. The van der Waals surface area contributed by atoms with Crippen molar-refractivity contribution in [3.63, 3.8) is 0 Å². The molecule has 1 heterocycles. The first-order valence-corrected chi connectivity index (χ1v) is 7.68. The van der Waals surface area contributed by atoms with Gasteiger partial charge in [0.25, 0.3) is 0 Å². The third-order valence-corrected chi connectivity index (χ3v) is 4.23. The summed E-state index contributed by atoms with van der Waals surface area (Å²) in [5, 5.41) is 0. The molecule has 2 N–H and O–H groups in total. The molecule has 0 aromatic carbocycles. The van der Waals surface area contributed by atoms with Crippen LogP contribution in [0.15, 0.2) is 0 Å². The fraction of sp³-hybridized carbons (Fsp3) is 1.00. The van der Waals surface area contributed by atoms with Crippen LogP contribution in [-0.4, -0.2) is 31.1 Å². The lowest BCUT2D eigenvalue weighted by Gasteiger charge is -2.32. The van der Waals surface area contributed by atoms with Crippen LogP contribution >= 0.6 is 0 Å². The first-order chi connectivity index (χ1) is 8.26. The van der Waals surface area contributed by atoms with Gasteiger partial charge in [-0.25, -0.2) is 0 Å². The monoisotopic (exact) mass is 240 g/mol. The van der Waals surface area contributed by atoms with Crippen molar-refractivity contribution in [3.05, 3.63) is 0 Å². The van der Waals surface area contributed by atoms with Crippen LogP contribution in [0.5, 0.6) is 0 Å². The third-order valence-electron chi connectivity index (χ3n) is 4.23. The summed E-state index contributed by atoms with van der Waals surface area (Å²) in [4.78, 5) is 2.67. The molecule has 0 saturated carbocycles. The Bertz CT molecular complexity index is 174. The van der Waals surface area contributed by atoms with E-state index in [0.717, 1.165) is 18.4 Å². The van der Waals surface area contributed by atoms with E-state index >= 15 is 0 Å². The lowest BCUT2D eigenvalue weighted by atomic mass is 9.92. The van der Waals surface area contributed by atoms with Crippen LogP contribution in [0.2, 0.25) is 0 Å². The van der Waals surface area contributed by atoms with Crippen LogP contribution < -0.4 is 5.73 Å². The van der Waals surface area contributed by atoms with E-state index in [1.54, 1.807) is 0 Å². The van der Waals surface area contributed by atoms with Crippen molar-refractivity contribution in [3.8, 4) is 0 Å². The van der Waals surface area contributed by atoms with E-state index in [1.165, 1.54) is 64.6 Å². The Labute approximate surface area is 108 Å². The van der Waals surface area contributed by atoms with Gasteiger partial charge in [0, 0.05) is 0 Å². The molecule has 0 amide bonds. The maximum absolute atomic E-state index is 5.58. The predicted molar refractivity (Wildman–Crippen MR) is 76.1 cm³/mol. The van der Waals surface area contributed by atoms with E-state index in [9.17, 15) is 0 Å². The molecule has 2 heteroatoms. The fourth-order valence-corrected chi connectivity index (χ4v) is 3.00. The van der Waals surface area contributed by atoms with E-state index in [2.05, 4.69) is 18.7 Å². The number of hydrogen-bond acceptors (Lipinski definition) is 2. The SMILES string of the molecule is CCCC1CCN(CCCC(C)CCN)CC1. The third kappa shape index (κ3) is 6.42. The van der Waals surface area contributed by atoms with Crippen molar-refractivity contribution in [2.45, 2.75) is 58.8 Å². The molecule has 2 nitrogen and oxygen atoms in total. The van der Waals surface area contributed by atoms with Gasteiger partial charge in [-0.05, 0) is 70.1 Å². The summed E-state index contributed by atoms with van der Waals surface area (Å²) in [5.74, 6) is 1.84. The number of nitrogens with two attached hydrogens (primary N) is 1. The maximum atomic E-state index is 5.58. The highest BCUT2D eigenvalue weighted by Gasteiger charge is 2.17. The van der Waals surface area contributed by atoms with Crippen LogP contribution in [0.3, 0.4) is 0 Å². The molecule has 0 radical (unpaired) electrons. The Balaban J connectivity index is 2.02. The molecule has 1 aliphatic rings. The fourth-order valence-electron chi connectivity index (χ4n) is 3.00. The van der Waals surface area contributed by atoms with Gasteiger partial charge in [0.2, 0.25) is 0 Å². The molecule has 1 unspecified atom stereocenters. The average molecular weight is 240 g/mol. The molecule has 17 heavy (non-hydrogen) atoms. The van der Waals surface area contributed by atoms with Crippen molar-refractivity contribution in [2.75, 3.05) is 26.2 Å². The summed E-state index contributed by atoms with van der Waals surface area (Å²) in [5.41, 5.74) is 5.58. The molecule has 1 aliphatic heterocycles. The second-order valence-electron chi connectivity index (χ2n) is 5.90. The lowest BCUT2D eigenvalue weighted by Crippen LogP contribution is -2.34. The van der Waals surface area contributed by atoms with Gasteiger partial charge in [-0.3, -0.25) is 0 Å². The van der Waals surface area contributed by atoms with Gasteiger partial charge >= 0.3 is 0 Å². The molecule has 0 aromatic rings. The number of piperidine rings is 1. The normalized spacial score (nSPS) is 20.6. The molecule has 0 bridgehead atoms. The van der Waals surface area contributed by atoms with Crippen LogP contribution in [0, 0.1) is 11.8 Å². The summed E-state index contributed by atoms with van der Waals surface area (Å²) >= 11 is 0. The summed E-state index contributed by atoms with van der Waals surface area (Å²) < 4.78 is 0. The molecule has 0 aromatic heterocycles. The Morgan fingerprint density at radius 3 is 2.53 bits per heavy atom. The predicted octanol–water partition coefficient (Wildman–Crippen LogP) is 3.26. The van der Waals surface area contributed by atoms with Gasteiger partial charge in [0.1, 0.15) is 0 Å². The summed E-state index contributed by atoms with van der Waals surface area (Å²) in [6.07, 6.45) is 9.59. The van der Waals surface area contributed by atoms with Gasteiger partial charge in [0.05, 0.1) is 0 Å². The number of nitrogens with zero attached hydrogens (tertiary/aromatic N) is 1. The molecule has 0 spiro atoms. The zero-order valence-corrected chi connectivity index (χ0v) is 12.0. The number of rotatable bonds is 8. The second-order valence-corrected chi connectivity index (χ2v) is 5.90. The van der Waals surface area contributed by atoms with E-state index in [0.29, 0.717) is 0 Å². The number of likely N-dealkylation sites (tertiary alicyclic amines) is 1. The Morgan fingerprint density at radius 1 is 1.24 bits per heavy atom. The van der Waals surface area contributed by atoms with Crippen molar-refractivity contribution in [2.24, 2.45) is 17.6 Å². The zero-order valence-electron chi connectivity index (χ0n) is 12.0. The standard InChI is InChI=1S/C15H32N2/c1-3-5-15-8-12-17(13-9-15)11-4-6-14(2)7-10-16/h14-15H,3-13,16H2,1-2H3. The highest BCUT2D eigenvalue weighted by molar-refractivity contribution is 4.72. The molecule has 0 aliphatic carbocycles. The van der Waals surface area contributed by atoms with Gasteiger partial charge in [0.15, 0.2) is 0 Å². The van der Waals surface area contributed by atoms with E-state index < -0.39 is 0 Å². The molecule has 1 fully saturated rings. The summed E-state index contributed by atoms with van der Waals surface area (Å²) in [6.45, 7) is 9.49. The topological polar surface area (TPSA) is 29.3 Å². The minimum Gasteiger partial charge on any atom is -0.330 e. The minimum atomic E-state index is 0.817. The van der Waals surface area contributed by atoms with Crippen LogP contribution in [0.4, 0.5) is 0 Å². The lowest BCUT2D eigenvalue weighted by molar-refractivity contribution is 0.173. The van der Waals surface area contributed by atoms with Crippen molar-refractivity contribution in [1.82, 2.24) is 4.90 Å². The Kier molecular flexibility index (Phi) is 7.87. The van der Waals surface area contributed by atoms with Crippen LogP contribution in [0.25, 0.3) is 0 Å². The minimum absolute atomic E-state index is 0.817. The van der Waals surface area contributed by atoms with E-state index in [4.69, 9.17) is 5.73 Å². The number of hydrogen-bond donors (Lipinski definition) is 1. The maximum Gasteiger partial charge on any atom is -0.00161 e. The van der Waals surface area contributed by atoms with E-state index in [1.807, 2.05) is 0 Å². The second kappa shape index (κ2) is 8.93. The molecule has 102 valence electrons. The smallest absolute Gasteiger partial charge is 0.00161 e. The average Bonchev–Trinajstić information content (AvgIpc) is 2.32. The molecular formula is C15H32N2. The quantitative estimate of drug-likeness (QED) is 0.705. The Morgan fingerprint density at radius 2 is 1.94 bits per heavy atom. The molecule has 1 rings (SSSR count). The van der Waals surface area contributed by atoms with Crippen LogP contribution in [0.1, 0.15) is 58.8 Å². The van der Waals surface area contributed by atoms with Crippen molar-refractivity contribution < 1.29 is 0 Å². The molecular weight excluding hydrogens is 208 g/mol. The van der Waals surface area contributed by atoms with Crippen molar-refractivity contribution in [1.29, 1.82) is 0 Å². The summed E-state index contributed by atoms with van der Waals surface area (Å²) in [7, 11) is 0. The highest BCUT2D eigenvalue weighted by atomic mass is 15.1. The summed E-state index contributed by atoms with van der Waals surface area (Å²) in [6, 6.07) is 0. The Hall–Kier alpha value is -0.0800. The molecule has 1 atom stereocenters. The van der Waals surface area contributed by atoms with Gasteiger partial charge in [-0.1, -0.05) is 26.7 Å². The first-order valence-electron chi connectivity index (χ1n) is 7.68. The van der Waals surface area contributed by atoms with E-state index in [-0.39, 0.29) is 0 Å². The first kappa shape index (κ1) is 15.0. The highest BCUT2D eigenvalue weighted by Crippen LogP contribution is 2.22. The van der Waals surface area contributed by atoms with Crippen LogP contribution in [-0.2, 0) is 0 Å². The largest absolute Gasteiger partial charge is 0.330 e.